The van der Waals surface area contributed by atoms with Crippen molar-refractivity contribution in [3.8, 4) is 0 Å². The maximum Gasteiger partial charge on any atom is 0.337 e. The lowest BCUT2D eigenvalue weighted by atomic mass is 10.1. The number of nitrogens with one attached hydrogen (secondary N) is 1. The number of aliphatic hydroxyl groups excluding tert-OH is 1. The number of rotatable bonds is 4. The van der Waals surface area contributed by atoms with E-state index in [2.05, 4.69) is 21.4 Å². The van der Waals surface area contributed by atoms with Gasteiger partial charge in [-0.3, -0.25) is 5.84 Å². The number of hydrogen-bond acceptors (Lipinski definition) is 4. The first-order valence-electron chi connectivity index (χ1n) is 4.16. The second kappa shape index (κ2) is 5.11. The molecule has 0 bridgehead atoms. The molecule has 0 saturated heterocycles. The summed E-state index contributed by atoms with van der Waals surface area (Å²) in [7, 11) is 0. The van der Waals surface area contributed by atoms with Crippen LogP contribution in [0.4, 0.5) is 5.69 Å². The molecule has 5 N–H and O–H groups in total. The van der Waals surface area contributed by atoms with Gasteiger partial charge in [0.15, 0.2) is 6.10 Å². The smallest absolute Gasteiger partial charge is 0.337 e. The molecule has 0 aromatic heterocycles. The summed E-state index contributed by atoms with van der Waals surface area (Å²) < 4.78 is 0. The van der Waals surface area contributed by atoms with Crippen LogP contribution in [-0.4, -0.2) is 16.2 Å². The normalized spacial score (nSPS) is 12.2. The second-order valence-corrected chi connectivity index (χ2v) is 3.50. The molecule has 0 radical (unpaired) electrons. The van der Waals surface area contributed by atoms with Crippen molar-refractivity contribution in [1.82, 2.24) is 0 Å². The molecule has 0 aliphatic rings. The summed E-state index contributed by atoms with van der Waals surface area (Å²) in [6, 6.07) is 4.72. The Balaban J connectivity index is 3.07. The molecule has 15 heavy (non-hydrogen) atoms. The molecule has 1 rings (SSSR count). The Kier molecular flexibility index (Phi) is 4.07. The first kappa shape index (κ1) is 12.0. The number of carboxylic acid groups (broad SMARTS) is 1. The third kappa shape index (κ3) is 2.68. The third-order valence-corrected chi connectivity index (χ3v) is 2.58. The highest BCUT2D eigenvalue weighted by Gasteiger charge is 2.16. The van der Waals surface area contributed by atoms with Crippen LogP contribution in [0, 0.1) is 0 Å². The highest BCUT2D eigenvalue weighted by molar-refractivity contribution is 9.08. The van der Waals surface area contributed by atoms with Gasteiger partial charge in [-0.1, -0.05) is 22.0 Å². The number of nitrogen functional groups attached to an aromatic ring is 1. The molecule has 1 aromatic carbocycles. The molecule has 0 spiro atoms. The molecule has 6 heteroatoms. The standard InChI is InChI=1S/C9H11BrN2O3/c10-4-6-3-5(8(13)9(14)15)1-2-7(6)12-11/h1-3,8,12-13H,4,11H2,(H,14,15). The fourth-order valence-corrected chi connectivity index (χ4v) is 1.64. The number of nitrogens with two attached hydrogens (primary N) is 1. The Morgan fingerprint density at radius 2 is 2.27 bits per heavy atom. The first-order chi connectivity index (χ1) is 7.10. The molecular weight excluding hydrogens is 264 g/mol. The van der Waals surface area contributed by atoms with Gasteiger partial charge >= 0.3 is 5.97 Å². The van der Waals surface area contributed by atoms with Crippen molar-refractivity contribution in [3.63, 3.8) is 0 Å². The van der Waals surface area contributed by atoms with E-state index in [0.29, 0.717) is 16.6 Å². The molecule has 0 fully saturated rings. The van der Waals surface area contributed by atoms with E-state index in [1.54, 1.807) is 12.1 Å². The van der Waals surface area contributed by atoms with Crippen molar-refractivity contribution in [3.05, 3.63) is 29.3 Å². The number of carboxylic acids is 1. The van der Waals surface area contributed by atoms with Crippen molar-refractivity contribution in [2.45, 2.75) is 11.4 Å². The summed E-state index contributed by atoms with van der Waals surface area (Å²) in [5.74, 6) is 3.99. The number of halogens is 1. The van der Waals surface area contributed by atoms with Gasteiger partial charge in [0.2, 0.25) is 0 Å². The van der Waals surface area contributed by atoms with Crippen molar-refractivity contribution < 1.29 is 15.0 Å². The topological polar surface area (TPSA) is 95.6 Å². The maximum absolute atomic E-state index is 10.6. The van der Waals surface area contributed by atoms with E-state index in [9.17, 15) is 9.90 Å². The van der Waals surface area contributed by atoms with Crippen LogP contribution in [0.5, 0.6) is 0 Å². The number of alkyl halides is 1. The van der Waals surface area contributed by atoms with Crippen LogP contribution < -0.4 is 11.3 Å². The highest BCUT2D eigenvalue weighted by Crippen LogP contribution is 2.23. The monoisotopic (exact) mass is 274 g/mol. The number of hydrazine groups is 1. The number of aliphatic hydroxyl groups is 1. The van der Waals surface area contributed by atoms with Crippen LogP contribution in [0.3, 0.4) is 0 Å². The largest absolute Gasteiger partial charge is 0.479 e. The SMILES string of the molecule is NNc1ccc(C(O)C(=O)O)cc1CBr. The predicted molar refractivity (Wildman–Crippen MR) is 59.5 cm³/mol. The Morgan fingerprint density at radius 1 is 1.60 bits per heavy atom. The van der Waals surface area contributed by atoms with E-state index < -0.39 is 12.1 Å². The molecule has 0 saturated carbocycles. The number of carbonyl (C=O) groups is 1. The molecule has 0 aliphatic carbocycles. The zero-order chi connectivity index (χ0) is 11.4. The lowest BCUT2D eigenvalue weighted by Gasteiger charge is -2.11. The summed E-state index contributed by atoms with van der Waals surface area (Å²) in [5, 5.41) is 18.5. The zero-order valence-electron chi connectivity index (χ0n) is 7.77. The second-order valence-electron chi connectivity index (χ2n) is 2.94. The van der Waals surface area contributed by atoms with Gasteiger partial charge in [-0.2, -0.15) is 0 Å². The van der Waals surface area contributed by atoms with E-state index in [0.717, 1.165) is 5.56 Å². The van der Waals surface area contributed by atoms with E-state index in [1.807, 2.05) is 0 Å². The van der Waals surface area contributed by atoms with E-state index in [1.165, 1.54) is 6.07 Å². The predicted octanol–water partition coefficient (Wildman–Crippen LogP) is 0.985. The summed E-state index contributed by atoms with van der Waals surface area (Å²) >= 11 is 3.24. The number of hydrogen-bond donors (Lipinski definition) is 4. The molecule has 0 heterocycles. The van der Waals surface area contributed by atoms with E-state index >= 15 is 0 Å². The van der Waals surface area contributed by atoms with Gasteiger partial charge in [-0.15, -0.1) is 0 Å². The molecule has 0 aliphatic heterocycles. The minimum Gasteiger partial charge on any atom is -0.479 e. The van der Waals surface area contributed by atoms with Gasteiger partial charge in [-0.05, 0) is 23.3 Å². The lowest BCUT2D eigenvalue weighted by molar-refractivity contribution is -0.146. The Morgan fingerprint density at radius 3 is 2.73 bits per heavy atom. The molecule has 1 unspecified atom stereocenters. The van der Waals surface area contributed by atoms with Crippen LogP contribution >= 0.6 is 15.9 Å². The van der Waals surface area contributed by atoms with Crippen molar-refractivity contribution in [2.24, 2.45) is 5.84 Å². The van der Waals surface area contributed by atoms with Gasteiger partial charge in [0.25, 0.3) is 0 Å². The van der Waals surface area contributed by atoms with Gasteiger partial charge < -0.3 is 15.6 Å². The van der Waals surface area contributed by atoms with Crippen molar-refractivity contribution in [1.29, 1.82) is 0 Å². The minimum absolute atomic E-state index is 0.330. The average Bonchev–Trinajstić information content (AvgIpc) is 2.26. The fourth-order valence-electron chi connectivity index (χ4n) is 1.18. The quantitative estimate of drug-likeness (QED) is 0.373. The van der Waals surface area contributed by atoms with E-state index in [-0.39, 0.29) is 0 Å². The molecule has 0 amide bonds. The summed E-state index contributed by atoms with van der Waals surface area (Å²) in [4.78, 5) is 10.6. The Hall–Kier alpha value is -1.11. The molecule has 1 aromatic rings. The summed E-state index contributed by atoms with van der Waals surface area (Å²) in [6.07, 6.45) is -1.50. The Labute approximate surface area is 95.0 Å². The molecule has 82 valence electrons. The van der Waals surface area contributed by atoms with Crippen LogP contribution in [0.1, 0.15) is 17.2 Å². The molecular formula is C9H11BrN2O3. The van der Waals surface area contributed by atoms with Gasteiger partial charge in [-0.25, -0.2) is 4.79 Å². The van der Waals surface area contributed by atoms with Crippen LogP contribution in [0.15, 0.2) is 18.2 Å². The molecule has 5 nitrogen and oxygen atoms in total. The number of benzene rings is 1. The molecule has 1 atom stereocenters. The first-order valence-corrected chi connectivity index (χ1v) is 5.28. The van der Waals surface area contributed by atoms with Crippen molar-refractivity contribution in [2.75, 3.05) is 5.43 Å². The summed E-state index contributed by atoms with van der Waals surface area (Å²) in [5.41, 5.74) is 4.29. The van der Waals surface area contributed by atoms with E-state index in [4.69, 9.17) is 10.9 Å². The van der Waals surface area contributed by atoms with Crippen LogP contribution in [0.2, 0.25) is 0 Å². The lowest BCUT2D eigenvalue weighted by Crippen LogP contribution is -2.12. The van der Waals surface area contributed by atoms with Gasteiger partial charge in [0.05, 0.1) is 5.69 Å². The maximum atomic E-state index is 10.6. The van der Waals surface area contributed by atoms with Crippen LogP contribution in [0.25, 0.3) is 0 Å². The third-order valence-electron chi connectivity index (χ3n) is 1.98. The zero-order valence-corrected chi connectivity index (χ0v) is 9.36. The minimum atomic E-state index is -1.50. The van der Waals surface area contributed by atoms with Crippen molar-refractivity contribution >= 4 is 27.6 Å². The van der Waals surface area contributed by atoms with Gasteiger partial charge in [0, 0.05) is 5.33 Å². The summed E-state index contributed by atoms with van der Waals surface area (Å²) in [6.45, 7) is 0. The number of anilines is 1. The van der Waals surface area contributed by atoms with Gasteiger partial charge in [0.1, 0.15) is 0 Å². The Bertz CT molecular complexity index is 370. The highest BCUT2D eigenvalue weighted by atomic mass is 79.9. The number of aliphatic carboxylic acids is 1. The van der Waals surface area contributed by atoms with Crippen LogP contribution in [-0.2, 0) is 10.1 Å². The average molecular weight is 275 g/mol. The fraction of sp³-hybridized carbons (Fsp3) is 0.222.